The summed E-state index contributed by atoms with van der Waals surface area (Å²) in [5.41, 5.74) is 0. The van der Waals surface area contributed by atoms with Crippen molar-refractivity contribution >= 4 is 23.8 Å². The van der Waals surface area contributed by atoms with Crippen LogP contribution in [-0.4, -0.2) is 82.6 Å². The highest BCUT2D eigenvalue weighted by Gasteiger charge is 2.49. The standard InChI is InChI=1S/C13H22N2O5S/c1-20-7-5-14(4-6-16)13(19)15-10(12(17)18)8-21-11(15)9-2-3-9/h9-11,16H,2-8H2,1H3,(H,17,18). The topological polar surface area (TPSA) is 90.3 Å². The lowest BCUT2D eigenvalue weighted by atomic mass is 10.2. The molecule has 0 bridgehead atoms. The third kappa shape index (κ3) is 3.81. The number of carbonyl (C=O) groups excluding carboxylic acids is 1. The van der Waals surface area contributed by atoms with Crippen LogP contribution in [0.3, 0.4) is 0 Å². The van der Waals surface area contributed by atoms with Crippen LogP contribution >= 0.6 is 11.8 Å². The first kappa shape index (κ1) is 16.4. The van der Waals surface area contributed by atoms with E-state index < -0.39 is 12.0 Å². The second-order valence-corrected chi connectivity index (χ2v) is 6.46. The molecule has 2 fully saturated rings. The van der Waals surface area contributed by atoms with E-state index >= 15 is 0 Å². The Morgan fingerprint density at radius 2 is 2.10 bits per heavy atom. The number of amides is 2. The van der Waals surface area contributed by atoms with Crippen molar-refractivity contribution in [1.82, 2.24) is 9.80 Å². The van der Waals surface area contributed by atoms with E-state index in [1.807, 2.05) is 0 Å². The fourth-order valence-electron chi connectivity index (χ4n) is 2.49. The van der Waals surface area contributed by atoms with E-state index in [0.29, 0.717) is 24.8 Å². The summed E-state index contributed by atoms with van der Waals surface area (Å²) in [4.78, 5) is 27.1. The number of nitrogens with zero attached hydrogens (tertiary/aromatic N) is 2. The SMILES string of the molecule is COCCN(CCO)C(=O)N1C(C(=O)O)CSC1C1CC1. The van der Waals surface area contributed by atoms with Crippen molar-refractivity contribution in [2.24, 2.45) is 5.92 Å². The second kappa shape index (κ2) is 7.33. The molecule has 1 aliphatic carbocycles. The van der Waals surface area contributed by atoms with Crippen LogP contribution < -0.4 is 0 Å². The largest absolute Gasteiger partial charge is 0.480 e. The number of carbonyl (C=O) groups is 2. The minimum atomic E-state index is -0.963. The van der Waals surface area contributed by atoms with Crippen LogP contribution in [0.4, 0.5) is 4.79 Å². The van der Waals surface area contributed by atoms with Crippen molar-refractivity contribution in [3.05, 3.63) is 0 Å². The Morgan fingerprint density at radius 1 is 1.38 bits per heavy atom. The number of thioether (sulfide) groups is 1. The highest BCUT2D eigenvalue weighted by Crippen LogP contribution is 2.45. The van der Waals surface area contributed by atoms with E-state index in [1.54, 1.807) is 18.9 Å². The zero-order valence-corrected chi connectivity index (χ0v) is 12.9. The van der Waals surface area contributed by atoms with Crippen LogP contribution in [0.2, 0.25) is 0 Å². The average molecular weight is 318 g/mol. The third-order valence-corrected chi connectivity index (χ3v) is 5.23. The van der Waals surface area contributed by atoms with Gasteiger partial charge >= 0.3 is 12.0 Å². The molecule has 0 aromatic heterocycles. The summed E-state index contributed by atoms with van der Waals surface area (Å²) in [6.45, 7) is 0.745. The third-order valence-electron chi connectivity index (χ3n) is 3.77. The van der Waals surface area contributed by atoms with Gasteiger partial charge in [0.05, 0.1) is 18.6 Å². The maximum atomic E-state index is 12.7. The lowest BCUT2D eigenvalue weighted by molar-refractivity contribution is -0.141. The minimum absolute atomic E-state index is 0.0534. The molecule has 0 aromatic carbocycles. The molecule has 1 saturated carbocycles. The van der Waals surface area contributed by atoms with Gasteiger partial charge in [0.15, 0.2) is 0 Å². The van der Waals surface area contributed by atoms with E-state index in [-0.39, 0.29) is 24.6 Å². The number of hydrogen-bond acceptors (Lipinski definition) is 5. The Kier molecular flexibility index (Phi) is 5.72. The number of aliphatic hydroxyl groups excluding tert-OH is 1. The van der Waals surface area contributed by atoms with Crippen molar-refractivity contribution in [1.29, 1.82) is 0 Å². The molecule has 2 N–H and O–H groups in total. The van der Waals surface area contributed by atoms with Crippen LogP contribution in [0.15, 0.2) is 0 Å². The number of carboxylic acids is 1. The Hall–Kier alpha value is -0.990. The summed E-state index contributed by atoms with van der Waals surface area (Å²) in [7, 11) is 1.54. The Labute approximate surface area is 128 Å². The molecule has 0 aromatic rings. The number of carboxylic acid groups (broad SMARTS) is 1. The van der Waals surface area contributed by atoms with Crippen molar-refractivity contribution in [2.75, 3.05) is 39.2 Å². The molecule has 21 heavy (non-hydrogen) atoms. The van der Waals surface area contributed by atoms with Gasteiger partial charge in [-0.2, -0.15) is 0 Å². The highest BCUT2D eigenvalue weighted by molar-refractivity contribution is 8.00. The molecule has 8 heteroatoms. The molecular formula is C13H22N2O5S. The van der Waals surface area contributed by atoms with Crippen LogP contribution in [-0.2, 0) is 9.53 Å². The van der Waals surface area contributed by atoms with Gasteiger partial charge in [-0.3, -0.25) is 4.90 Å². The van der Waals surface area contributed by atoms with E-state index in [2.05, 4.69) is 0 Å². The van der Waals surface area contributed by atoms with E-state index in [1.165, 1.54) is 9.80 Å². The number of hydrogen-bond donors (Lipinski definition) is 2. The number of methoxy groups -OCH3 is 1. The van der Waals surface area contributed by atoms with Crippen LogP contribution in [0.1, 0.15) is 12.8 Å². The molecule has 2 unspecified atom stereocenters. The summed E-state index contributed by atoms with van der Waals surface area (Å²) in [5, 5.41) is 18.4. The van der Waals surface area contributed by atoms with Gasteiger partial charge in [-0.15, -0.1) is 11.8 Å². The Balaban J connectivity index is 2.11. The lowest BCUT2D eigenvalue weighted by Gasteiger charge is -2.33. The van der Waals surface area contributed by atoms with Gasteiger partial charge in [-0.05, 0) is 18.8 Å². The number of aliphatic hydroxyl groups is 1. The zero-order valence-electron chi connectivity index (χ0n) is 12.1. The molecule has 1 saturated heterocycles. The highest BCUT2D eigenvalue weighted by atomic mass is 32.2. The van der Waals surface area contributed by atoms with Crippen LogP contribution in [0.5, 0.6) is 0 Å². The molecule has 2 amide bonds. The van der Waals surface area contributed by atoms with Gasteiger partial charge in [0.25, 0.3) is 0 Å². The summed E-state index contributed by atoms with van der Waals surface area (Å²) in [6.07, 6.45) is 2.09. The number of urea groups is 1. The smallest absolute Gasteiger partial charge is 0.327 e. The summed E-state index contributed by atoms with van der Waals surface area (Å²) < 4.78 is 4.98. The van der Waals surface area contributed by atoms with E-state index in [4.69, 9.17) is 9.84 Å². The maximum Gasteiger partial charge on any atom is 0.327 e. The number of aliphatic carboxylic acids is 1. The molecule has 1 aliphatic heterocycles. The van der Waals surface area contributed by atoms with Gasteiger partial charge in [0, 0.05) is 26.0 Å². The predicted octanol–water partition coefficient (Wildman–Crippen LogP) is 0.285. The molecule has 2 atom stereocenters. The minimum Gasteiger partial charge on any atom is -0.480 e. The normalized spacial score (nSPS) is 25.1. The average Bonchev–Trinajstić information content (AvgIpc) is 3.20. The van der Waals surface area contributed by atoms with Crippen molar-refractivity contribution < 1.29 is 24.5 Å². The molecule has 7 nitrogen and oxygen atoms in total. The summed E-state index contributed by atoms with van der Waals surface area (Å²) in [6, 6.07) is -1.09. The molecule has 120 valence electrons. The molecule has 0 spiro atoms. The van der Waals surface area contributed by atoms with E-state index in [9.17, 15) is 14.7 Å². The van der Waals surface area contributed by atoms with Gasteiger partial charge in [0.2, 0.25) is 0 Å². The van der Waals surface area contributed by atoms with Gasteiger partial charge < -0.3 is 19.8 Å². The fourth-order valence-corrected chi connectivity index (χ4v) is 4.12. The quantitative estimate of drug-likeness (QED) is 0.701. The fraction of sp³-hybridized carbons (Fsp3) is 0.846. The van der Waals surface area contributed by atoms with Crippen molar-refractivity contribution in [3.63, 3.8) is 0 Å². The monoisotopic (exact) mass is 318 g/mol. The second-order valence-electron chi connectivity index (χ2n) is 5.31. The van der Waals surface area contributed by atoms with Crippen LogP contribution in [0, 0.1) is 5.92 Å². The first-order chi connectivity index (χ1) is 10.1. The van der Waals surface area contributed by atoms with Crippen molar-refractivity contribution in [2.45, 2.75) is 24.3 Å². The summed E-state index contributed by atoms with van der Waals surface area (Å²) >= 11 is 1.55. The van der Waals surface area contributed by atoms with E-state index in [0.717, 1.165) is 12.8 Å². The number of ether oxygens (including phenoxy) is 1. The lowest BCUT2D eigenvalue weighted by Crippen LogP contribution is -2.53. The molecule has 1 heterocycles. The van der Waals surface area contributed by atoms with Gasteiger partial charge in [-0.25, -0.2) is 9.59 Å². The zero-order chi connectivity index (χ0) is 15.4. The van der Waals surface area contributed by atoms with Crippen molar-refractivity contribution in [3.8, 4) is 0 Å². The first-order valence-corrected chi connectivity index (χ1v) is 8.16. The molecule has 0 radical (unpaired) electrons. The predicted molar refractivity (Wildman–Crippen MR) is 78.2 cm³/mol. The molecule has 2 rings (SSSR count). The summed E-state index contributed by atoms with van der Waals surface area (Å²) in [5.74, 6) is -0.129. The Bertz CT molecular complexity index is 391. The maximum absolute atomic E-state index is 12.7. The van der Waals surface area contributed by atoms with Gasteiger partial charge in [-0.1, -0.05) is 0 Å². The first-order valence-electron chi connectivity index (χ1n) is 7.11. The Morgan fingerprint density at radius 3 is 2.62 bits per heavy atom. The van der Waals surface area contributed by atoms with Crippen LogP contribution in [0.25, 0.3) is 0 Å². The van der Waals surface area contributed by atoms with Gasteiger partial charge in [0.1, 0.15) is 6.04 Å². The molecule has 2 aliphatic rings. The number of rotatable bonds is 7. The molecular weight excluding hydrogens is 296 g/mol.